The van der Waals surface area contributed by atoms with Crippen LogP contribution in [0.15, 0.2) is 12.3 Å². The molecule has 3 atom stereocenters. The summed E-state index contributed by atoms with van der Waals surface area (Å²) in [6.45, 7) is 4.50. The molecule has 1 aliphatic carbocycles. The van der Waals surface area contributed by atoms with E-state index in [4.69, 9.17) is 15.2 Å². The van der Waals surface area contributed by atoms with E-state index in [0.717, 1.165) is 19.3 Å². The number of methoxy groups -OCH3 is 1. The van der Waals surface area contributed by atoms with Gasteiger partial charge in [-0.15, -0.1) is 0 Å². The van der Waals surface area contributed by atoms with Gasteiger partial charge in [-0.1, -0.05) is 13.8 Å². The van der Waals surface area contributed by atoms with Crippen molar-refractivity contribution in [3.05, 3.63) is 17.8 Å². The van der Waals surface area contributed by atoms with Crippen LogP contribution in [0, 0.1) is 11.8 Å². The van der Waals surface area contributed by atoms with Crippen LogP contribution >= 0.6 is 0 Å². The number of nitrogens with zero attached hydrogens (tertiary/aromatic N) is 1. The molecule has 3 unspecified atom stereocenters. The van der Waals surface area contributed by atoms with Crippen molar-refractivity contribution in [3.8, 4) is 5.88 Å². The number of esters is 1. The van der Waals surface area contributed by atoms with Gasteiger partial charge in [0.15, 0.2) is 0 Å². The van der Waals surface area contributed by atoms with Gasteiger partial charge in [-0.05, 0) is 37.2 Å². The molecule has 5 heteroatoms. The van der Waals surface area contributed by atoms with Gasteiger partial charge in [-0.2, -0.15) is 0 Å². The van der Waals surface area contributed by atoms with E-state index in [0.29, 0.717) is 29.0 Å². The standard InChI is InChI=1S/C15H22N2O3/c1-9-4-5-12(6-10(9)2)20-14-13(15(18)19-3)7-11(16)8-17-14/h7-10,12H,4-6,16H2,1-3H3. The predicted molar refractivity (Wildman–Crippen MR) is 76.6 cm³/mol. The predicted octanol–water partition coefficient (Wildman–Crippen LogP) is 2.65. The molecule has 1 aromatic rings. The van der Waals surface area contributed by atoms with E-state index in [-0.39, 0.29) is 6.10 Å². The number of hydrogen-bond acceptors (Lipinski definition) is 5. The van der Waals surface area contributed by atoms with Crippen molar-refractivity contribution in [2.75, 3.05) is 12.8 Å². The summed E-state index contributed by atoms with van der Waals surface area (Å²) in [5.74, 6) is 1.17. The van der Waals surface area contributed by atoms with Crippen LogP contribution in [0.4, 0.5) is 5.69 Å². The SMILES string of the molecule is COC(=O)c1cc(N)cnc1OC1CCC(C)C(C)C1. The third kappa shape index (κ3) is 3.21. The molecule has 1 aromatic heterocycles. The fourth-order valence-corrected chi connectivity index (χ4v) is 2.58. The number of pyridine rings is 1. The second-order valence-corrected chi connectivity index (χ2v) is 5.62. The Morgan fingerprint density at radius 1 is 1.35 bits per heavy atom. The van der Waals surface area contributed by atoms with Gasteiger partial charge in [0, 0.05) is 0 Å². The smallest absolute Gasteiger partial charge is 0.343 e. The Hall–Kier alpha value is -1.78. The first kappa shape index (κ1) is 14.6. The monoisotopic (exact) mass is 278 g/mol. The maximum atomic E-state index is 11.7. The first-order chi connectivity index (χ1) is 9.51. The Labute approximate surface area is 119 Å². The Balaban J connectivity index is 2.15. The zero-order valence-electron chi connectivity index (χ0n) is 12.3. The summed E-state index contributed by atoms with van der Waals surface area (Å²) >= 11 is 0. The van der Waals surface area contributed by atoms with Crippen molar-refractivity contribution < 1.29 is 14.3 Å². The van der Waals surface area contributed by atoms with E-state index in [1.54, 1.807) is 6.07 Å². The number of ether oxygens (including phenoxy) is 2. The number of carbonyl (C=O) groups excluding carboxylic acids is 1. The van der Waals surface area contributed by atoms with Crippen LogP contribution in [0.5, 0.6) is 5.88 Å². The number of anilines is 1. The molecule has 0 amide bonds. The molecule has 20 heavy (non-hydrogen) atoms. The topological polar surface area (TPSA) is 74.4 Å². The first-order valence-corrected chi connectivity index (χ1v) is 7.01. The van der Waals surface area contributed by atoms with E-state index >= 15 is 0 Å². The lowest BCUT2D eigenvalue weighted by molar-refractivity contribution is 0.0579. The molecule has 1 aliphatic rings. The largest absolute Gasteiger partial charge is 0.474 e. The van der Waals surface area contributed by atoms with Gasteiger partial charge in [0.2, 0.25) is 5.88 Å². The molecule has 0 saturated heterocycles. The van der Waals surface area contributed by atoms with Crippen molar-refractivity contribution in [2.45, 2.75) is 39.2 Å². The van der Waals surface area contributed by atoms with Crippen LogP contribution in [0.25, 0.3) is 0 Å². The van der Waals surface area contributed by atoms with Crippen LogP contribution in [0.1, 0.15) is 43.5 Å². The Bertz CT molecular complexity index is 490. The number of nitrogen functional groups attached to an aromatic ring is 1. The minimum absolute atomic E-state index is 0.0979. The maximum absolute atomic E-state index is 11.7. The van der Waals surface area contributed by atoms with Crippen molar-refractivity contribution in [1.82, 2.24) is 4.98 Å². The minimum Gasteiger partial charge on any atom is -0.474 e. The Kier molecular flexibility index (Phi) is 4.47. The molecule has 1 heterocycles. The van der Waals surface area contributed by atoms with Gasteiger partial charge in [0.25, 0.3) is 0 Å². The van der Waals surface area contributed by atoms with Crippen molar-refractivity contribution >= 4 is 11.7 Å². The molecule has 0 aromatic carbocycles. The third-order valence-electron chi connectivity index (χ3n) is 4.11. The molecule has 5 nitrogen and oxygen atoms in total. The van der Waals surface area contributed by atoms with Crippen LogP contribution in [-0.4, -0.2) is 24.2 Å². The van der Waals surface area contributed by atoms with Gasteiger partial charge in [0.1, 0.15) is 11.7 Å². The normalized spacial score (nSPS) is 26.1. The fourth-order valence-electron chi connectivity index (χ4n) is 2.58. The molecule has 2 N–H and O–H groups in total. The second-order valence-electron chi connectivity index (χ2n) is 5.62. The summed E-state index contributed by atoms with van der Waals surface area (Å²) in [6.07, 6.45) is 4.69. The fraction of sp³-hybridized carbons (Fsp3) is 0.600. The molecule has 0 bridgehead atoms. The highest BCUT2D eigenvalue weighted by molar-refractivity contribution is 5.92. The average Bonchev–Trinajstić information content (AvgIpc) is 2.44. The first-order valence-electron chi connectivity index (χ1n) is 7.01. The summed E-state index contributed by atoms with van der Waals surface area (Å²) in [4.78, 5) is 15.9. The summed E-state index contributed by atoms with van der Waals surface area (Å²) in [5.41, 5.74) is 6.38. The summed E-state index contributed by atoms with van der Waals surface area (Å²) in [7, 11) is 1.33. The molecule has 2 rings (SSSR count). The Morgan fingerprint density at radius 2 is 2.10 bits per heavy atom. The van der Waals surface area contributed by atoms with Gasteiger partial charge in [-0.25, -0.2) is 9.78 Å². The number of carbonyl (C=O) groups is 1. The number of hydrogen-bond donors (Lipinski definition) is 1. The van der Waals surface area contributed by atoms with Crippen molar-refractivity contribution in [2.24, 2.45) is 11.8 Å². The highest BCUT2D eigenvalue weighted by atomic mass is 16.5. The molecule has 0 aliphatic heterocycles. The van der Waals surface area contributed by atoms with Crippen LogP contribution in [0.3, 0.4) is 0 Å². The van der Waals surface area contributed by atoms with Crippen molar-refractivity contribution in [1.29, 1.82) is 0 Å². The van der Waals surface area contributed by atoms with E-state index in [2.05, 4.69) is 18.8 Å². The number of aromatic nitrogens is 1. The molecule has 110 valence electrons. The lowest BCUT2D eigenvalue weighted by Crippen LogP contribution is -2.29. The van der Waals surface area contributed by atoms with Gasteiger partial charge >= 0.3 is 5.97 Å². The van der Waals surface area contributed by atoms with E-state index in [1.165, 1.54) is 13.3 Å². The molecular formula is C15H22N2O3. The Morgan fingerprint density at radius 3 is 2.75 bits per heavy atom. The van der Waals surface area contributed by atoms with E-state index in [1.807, 2.05) is 0 Å². The number of nitrogens with two attached hydrogens (primary N) is 1. The van der Waals surface area contributed by atoms with E-state index in [9.17, 15) is 4.79 Å². The van der Waals surface area contributed by atoms with Gasteiger partial charge in [0.05, 0.1) is 19.0 Å². The summed E-state index contributed by atoms with van der Waals surface area (Å²) in [6, 6.07) is 1.54. The maximum Gasteiger partial charge on any atom is 0.343 e. The molecule has 0 radical (unpaired) electrons. The van der Waals surface area contributed by atoms with E-state index < -0.39 is 5.97 Å². The summed E-state index contributed by atoms with van der Waals surface area (Å²) < 4.78 is 10.7. The second kappa shape index (κ2) is 6.11. The minimum atomic E-state index is -0.475. The number of rotatable bonds is 3. The highest BCUT2D eigenvalue weighted by Gasteiger charge is 2.27. The zero-order chi connectivity index (χ0) is 14.7. The lowest BCUT2D eigenvalue weighted by atomic mass is 9.80. The molecule has 1 saturated carbocycles. The molecule has 1 fully saturated rings. The van der Waals surface area contributed by atoms with Crippen LogP contribution < -0.4 is 10.5 Å². The van der Waals surface area contributed by atoms with Crippen LogP contribution in [-0.2, 0) is 4.74 Å². The van der Waals surface area contributed by atoms with Crippen LogP contribution in [0.2, 0.25) is 0 Å². The quantitative estimate of drug-likeness (QED) is 0.860. The van der Waals surface area contributed by atoms with Gasteiger partial charge < -0.3 is 15.2 Å². The molecular weight excluding hydrogens is 256 g/mol. The highest BCUT2D eigenvalue weighted by Crippen LogP contribution is 2.32. The lowest BCUT2D eigenvalue weighted by Gasteiger charge is -2.32. The zero-order valence-corrected chi connectivity index (χ0v) is 12.3. The molecule has 0 spiro atoms. The summed E-state index contributed by atoms with van der Waals surface area (Å²) in [5, 5.41) is 0. The van der Waals surface area contributed by atoms with Crippen molar-refractivity contribution in [3.63, 3.8) is 0 Å². The average molecular weight is 278 g/mol. The van der Waals surface area contributed by atoms with Gasteiger partial charge in [-0.3, -0.25) is 0 Å². The third-order valence-corrected chi connectivity index (χ3v) is 4.11.